The zero-order valence-electron chi connectivity index (χ0n) is 28.9. The summed E-state index contributed by atoms with van der Waals surface area (Å²) in [6.45, 7) is 0. The second-order valence-corrected chi connectivity index (χ2v) is 13.5. The van der Waals surface area contributed by atoms with Gasteiger partial charge >= 0.3 is 0 Å². The van der Waals surface area contributed by atoms with Crippen LogP contribution in [0.4, 0.5) is 0 Å². The Morgan fingerprint density at radius 3 is 1.42 bits per heavy atom. The van der Waals surface area contributed by atoms with Crippen molar-refractivity contribution >= 4 is 32.6 Å². The molecule has 0 saturated heterocycles. The van der Waals surface area contributed by atoms with Crippen molar-refractivity contribution in [2.45, 2.75) is 0 Å². The number of rotatable bonds is 6. The highest BCUT2D eigenvalue weighted by molar-refractivity contribution is 6.21. The van der Waals surface area contributed by atoms with E-state index in [1.807, 2.05) is 24.3 Å². The number of nitrogens with zero attached hydrogens (tertiary/aromatic N) is 1. The highest BCUT2D eigenvalue weighted by Gasteiger charge is 2.19. The van der Waals surface area contributed by atoms with Gasteiger partial charge in [-0.05, 0) is 114 Å². The molecule has 0 unspecified atom stereocenters. The molecule has 0 bridgehead atoms. The van der Waals surface area contributed by atoms with Crippen LogP contribution >= 0.6 is 0 Å². The third-order valence-corrected chi connectivity index (χ3v) is 10.3. The maximum Gasteiger partial charge on any atom is 0.227 e. The number of benzene rings is 9. The molecule has 0 fully saturated rings. The van der Waals surface area contributed by atoms with Gasteiger partial charge in [0.15, 0.2) is 5.58 Å². The minimum atomic E-state index is 0.627. The molecule has 0 spiro atoms. The summed E-state index contributed by atoms with van der Waals surface area (Å²) in [5.74, 6) is 0.627. The Morgan fingerprint density at radius 2 is 0.792 bits per heavy atom. The normalized spacial score (nSPS) is 11.4. The van der Waals surface area contributed by atoms with E-state index >= 15 is 0 Å². The van der Waals surface area contributed by atoms with Gasteiger partial charge in [0.05, 0.1) is 0 Å². The predicted molar refractivity (Wildman–Crippen MR) is 222 cm³/mol. The summed E-state index contributed by atoms with van der Waals surface area (Å²) in [4.78, 5) is 4.81. The maximum absolute atomic E-state index is 6.20. The van der Waals surface area contributed by atoms with Gasteiger partial charge in [-0.15, -0.1) is 0 Å². The van der Waals surface area contributed by atoms with E-state index in [2.05, 4.69) is 176 Å². The zero-order valence-corrected chi connectivity index (χ0v) is 28.9. The molecule has 0 aliphatic heterocycles. The second-order valence-electron chi connectivity index (χ2n) is 13.5. The van der Waals surface area contributed by atoms with Gasteiger partial charge in [0.2, 0.25) is 5.89 Å². The number of hydrogen-bond acceptors (Lipinski definition) is 2. The Kier molecular flexibility index (Phi) is 7.51. The van der Waals surface area contributed by atoms with Gasteiger partial charge in [0.1, 0.15) is 5.52 Å². The molecule has 0 aliphatic carbocycles. The van der Waals surface area contributed by atoms with Crippen molar-refractivity contribution in [2.24, 2.45) is 0 Å². The molecule has 0 N–H and O–H groups in total. The fraction of sp³-hybridized carbons (Fsp3) is 0. The highest BCUT2D eigenvalue weighted by atomic mass is 16.3. The van der Waals surface area contributed by atoms with Crippen LogP contribution in [0.15, 0.2) is 205 Å². The molecule has 1 aromatic heterocycles. The third kappa shape index (κ3) is 5.49. The number of para-hydroxylation sites is 2. The van der Waals surface area contributed by atoms with E-state index in [0.717, 1.165) is 22.2 Å². The molecule has 0 aliphatic rings. The van der Waals surface area contributed by atoms with Gasteiger partial charge in [0, 0.05) is 5.56 Å². The van der Waals surface area contributed by atoms with Crippen LogP contribution in [-0.4, -0.2) is 4.98 Å². The second kappa shape index (κ2) is 12.9. The standard InChI is InChI=1S/C51H33NO/c1-3-15-34(16-4-1)36-29-30-41(46(33-36)35-17-5-2-6-18-35)37-19-13-20-38(31-37)49-42-23-7-9-25-44(42)50(45-26-10-8-24-43(45)49)39-21-14-22-40(32-39)51-52-47-27-11-12-28-48(47)53-51/h1-33H. The van der Waals surface area contributed by atoms with E-state index in [1.165, 1.54) is 71.6 Å². The van der Waals surface area contributed by atoms with Crippen LogP contribution in [0.2, 0.25) is 0 Å². The molecule has 0 amide bonds. The van der Waals surface area contributed by atoms with Crippen LogP contribution in [0.3, 0.4) is 0 Å². The fourth-order valence-electron chi connectivity index (χ4n) is 7.86. The number of aromatic nitrogens is 1. The van der Waals surface area contributed by atoms with Gasteiger partial charge in [0.25, 0.3) is 0 Å². The van der Waals surface area contributed by atoms with Crippen LogP contribution in [0.5, 0.6) is 0 Å². The average molecular weight is 676 g/mol. The van der Waals surface area contributed by atoms with Crippen molar-refractivity contribution in [1.82, 2.24) is 4.98 Å². The first-order valence-electron chi connectivity index (χ1n) is 18.0. The van der Waals surface area contributed by atoms with Crippen molar-refractivity contribution < 1.29 is 4.42 Å². The summed E-state index contributed by atoms with van der Waals surface area (Å²) in [6.07, 6.45) is 0. The molecule has 10 rings (SSSR count). The largest absolute Gasteiger partial charge is 0.436 e. The molecule has 1 heterocycles. The van der Waals surface area contributed by atoms with E-state index in [4.69, 9.17) is 9.40 Å². The van der Waals surface area contributed by atoms with Crippen molar-refractivity contribution in [3.8, 4) is 67.1 Å². The molecule has 0 radical (unpaired) electrons. The van der Waals surface area contributed by atoms with E-state index in [-0.39, 0.29) is 0 Å². The molecule has 0 atom stereocenters. The van der Waals surface area contributed by atoms with Crippen molar-refractivity contribution in [1.29, 1.82) is 0 Å². The zero-order chi connectivity index (χ0) is 35.1. The van der Waals surface area contributed by atoms with Gasteiger partial charge in [-0.25, -0.2) is 4.98 Å². The van der Waals surface area contributed by atoms with Crippen LogP contribution < -0.4 is 0 Å². The smallest absolute Gasteiger partial charge is 0.227 e. The summed E-state index contributed by atoms with van der Waals surface area (Å²) in [6, 6.07) is 71.4. The van der Waals surface area contributed by atoms with E-state index < -0.39 is 0 Å². The lowest BCUT2D eigenvalue weighted by atomic mass is 9.84. The Morgan fingerprint density at radius 1 is 0.302 bits per heavy atom. The first-order valence-corrected chi connectivity index (χ1v) is 18.0. The van der Waals surface area contributed by atoms with E-state index in [9.17, 15) is 0 Å². The maximum atomic E-state index is 6.20. The van der Waals surface area contributed by atoms with Crippen LogP contribution in [0, 0.1) is 0 Å². The molecular formula is C51H33NO. The average Bonchev–Trinajstić information content (AvgIpc) is 3.68. The van der Waals surface area contributed by atoms with Crippen LogP contribution in [-0.2, 0) is 0 Å². The molecular weight excluding hydrogens is 643 g/mol. The quantitative estimate of drug-likeness (QED) is 0.164. The molecule has 2 heteroatoms. The number of fused-ring (bicyclic) bond motifs is 3. The third-order valence-electron chi connectivity index (χ3n) is 10.3. The highest BCUT2D eigenvalue weighted by Crippen LogP contribution is 2.45. The number of oxazole rings is 1. The molecule has 10 aromatic rings. The molecule has 0 saturated carbocycles. The van der Waals surface area contributed by atoms with Crippen molar-refractivity contribution in [3.63, 3.8) is 0 Å². The van der Waals surface area contributed by atoms with E-state index in [0.29, 0.717) is 5.89 Å². The Labute approximate surface area is 308 Å². The minimum Gasteiger partial charge on any atom is -0.436 e. The summed E-state index contributed by atoms with van der Waals surface area (Å²) < 4.78 is 6.20. The lowest BCUT2D eigenvalue weighted by Crippen LogP contribution is -1.92. The predicted octanol–water partition coefficient (Wildman–Crippen LogP) is 14.1. The lowest BCUT2D eigenvalue weighted by molar-refractivity contribution is 0.620. The van der Waals surface area contributed by atoms with Gasteiger partial charge in [-0.2, -0.15) is 0 Å². The van der Waals surface area contributed by atoms with Crippen LogP contribution in [0.1, 0.15) is 0 Å². The lowest BCUT2D eigenvalue weighted by Gasteiger charge is -2.19. The Bertz CT molecular complexity index is 2850. The fourth-order valence-corrected chi connectivity index (χ4v) is 7.86. The van der Waals surface area contributed by atoms with E-state index in [1.54, 1.807) is 0 Å². The molecule has 9 aromatic carbocycles. The molecule has 248 valence electrons. The minimum absolute atomic E-state index is 0.627. The molecule has 53 heavy (non-hydrogen) atoms. The summed E-state index contributed by atoms with van der Waals surface area (Å²) in [5, 5.41) is 4.85. The van der Waals surface area contributed by atoms with Gasteiger partial charge in [-0.1, -0.05) is 164 Å². The first kappa shape index (κ1) is 30.8. The first-order chi connectivity index (χ1) is 26.3. The summed E-state index contributed by atoms with van der Waals surface area (Å²) >= 11 is 0. The van der Waals surface area contributed by atoms with Crippen LogP contribution in [0.25, 0.3) is 99.7 Å². The Balaban J connectivity index is 1.15. The number of hydrogen-bond donors (Lipinski definition) is 0. The topological polar surface area (TPSA) is 26.0 Å². The summed E-state index contributed by atoms with van der Waals surface area (Å²) in [5.41, 5.74) is 14.6. The van der Waals surface area contributed by atoms with Gasteiger partial charge in [-0.3, -0.25) is 0 Å². The van der Waals surface area contributed by atoms with Crippen molar-refractivity contribution in [2.75, 3.05) is 0 Å². The Hall–Kier alpha value is -7.03. The SMILES string of the molecule is c1ccc(-c2ccc(-c3cccc(-c4c5ccccc5c(-c5cccc(-c6nc7ccccc7o6)c5)c5ccccc45)c3)c(-c3ccccc3)c2)cc1. The monoisotopic (exact) mass is 675 g/mol. The van der Waals surface area contributed by atoms with Gasteiger partial charge < -0.3 is 4.42 Å². The molecule has 2 nitrogen and oxygen atoms in total. The summed E-state index contributed by atoms with van der Waals surface area (Å²) in [7, 11) is 0. The van der Waals surface area contributed by atoms with Crippen molar-refractivity contribution in [3.05, 3.63) is 200 Å².